The van der Waals surface area contributed by atoms with Crippen molar-refractivity contribution < 1.29 is 19.3 Å². The molecule has 0 aliphatic carbocycles. The zero-order valence-corrected chi connectivity index (χ0v) is 10.9. The van der Waals surface area contributed by atoms with Crippen molar-refractivity contribution in [3.8, 4) is 23.3 Å². The highest BCUT2D eigenvalue weighted by Crippen LogP contribution is 2.40. The van der Waals surface area contributed by atoms with Crippen molar-refractivity contribution in [1.82, 2.24) is 0 Å². The third kappa shape index (κ3) is 2.66. The van der Waals surface area contributed by atoms with Crippen LogP contribution < -0.4 is 14.2 Å². The molecule has 2 unspecified atom stereocenters. The van der Waals surface area contributed by atoms with E-state index in [2.05, 4.69) is 0 Å². The van der Waals surface area contributed by atoms with Crippen LogP contribution in [0.25, 0.3) is 0 Å². The van der Waals surface area contributed by atoms with E-state index in [1.807, 2.05) is 6.07 Å². The number of aliphatic hydroxyl groups is 1. The second-order valence-corrected chi connectivity index (χ2v) is 3.82. The van der Waals surface area contributed by atoms with Crippen molar-refractivity contribution in [3.63, 3.8) is 0 Å². The van der Waals surface area contributed by atoms with Crippen molar-refractivity contribution in [3.05, 3.63) is 17.7 Å². The lowest BCUT2D eigenvalue weighted by molar-refractivity contribution is 0.142. The molecule has 5 nitrogen and oxygen atoms in total. The van der Waals surface area contributed by atoms with Crippen LogP contribution in [0.1, 0.15) is 18.6 Å². The molecule has 0 aliphatic heterocycles. The van der Waals surface area contributed by atoms with Gasteiger partial charge in [0.2, 0.25) is 5.75 Å². The van der Waals surface area contributed by atoms with Gasteiger partial charge in [-0.25, -0.2) is 0 Å². The average Bonchev–Trinajstić information content (AvgIpc) is 2.43. The Hall–Kier alpha value is -1.93. The summed E-state index contributed by atoms with van der Waals surface area (Å²) < 4.78 is 15.6. The Bertz CT molecular complexity index is 428. The van der Waals surface area contributed by atoms with E-state index in [0.29, 0.717) is 22.8 Å². The second-order valence-electron chi connectivity index (χ2n) is 3.82. The van der Waals surface area contributed by atoms with Gasteiger partial charge in [-0.3, -0.25) is 0 Å². The molecule has 0 amide bonds. The van der Waals surface area contributed by atoms with Crippen LogP contribution in [0, 0.1) is 17.2 Å². The first kappa shape index (κ1) is 14.1. The first-order chi connectivity index (χ1) is 8.58. The Morgan fingerprint density at radius 1 is 1.11 bits per heavy atom. The first-order valence-electron chi connectivity index (χ1n) is 5.46. The smallest absolute Gasteiger partial charge is 0.203 e. The van der Waals surface area contributed by atoms with Crippen LogP contribution in [-0.4, -0.2) is 26.4 Å². The van der Waals surface area contributed by atoms with Gasteiger partial charge in [0.05, 0.1) is 39.4 Å². The number of aliphatic hydroxyl groups excluding tert-OH is 1. The number of hydrogen-bond donors (Lipinski definition) is 1. The van der Waals surface area contributed by atoms with Gasteiger partial charge in [-0.05, 0) is 24.6 Å². The quantitative estimate of drug-likeness (QED) is 0.865. The topological polar surface area (TPSA) is 71.7 Å². The van der Waals surface area contributed by atoms with E-state index >= 15 is 0 Å². The summed E-state index contributed by atoms with van der Waals surface area (Å²) >= 11 is 0. The molecule has 1 rings (SSSR count). The zero-order valence-electron chi connectivity index (χ0n) is 10.9. The van der Waals surface area contributed by atoms with Gasteiger partial charge in [0.15, 0.2) is 11.5 Å². The molecule has 0 radical (unpaired) electrons. The summed E-state index contributed by atoms with van der Waals surface area (Å²) in [5.74, 6) is 0.848. The molecule has 98 valence electrons. The van der Waals surface area contributed by atoms with Gasteiger partial charge in [0, 0.05) is 0 Å². The first-order valence-corrected chi connectivity index (χ1v) is 5.46. The molecule has 5 heteroatoms. The van der Waals surface area contributed by atoms with E-state index in [9.17, 15) is 5.11 Å². The maximum atomic E-state index is 10.0. The minimum absolute atomic E-state index is 0.455. The highest BCUT2D eigenvalue weighted by Gasteiger charge is 2.21. The number of nitriles is 1. The SMILES string of the molecule is COc1cc(C(O)C(C)C#N)cc(OC)c1OC. The van der Waals surface area contributed by atoms with Crippen LogP contribution in [0.3, 0.4) is 0 Å². The number of rotatable bonds is 5. The van der Waals surface area contributed by atoms with Gasteiger partial charge in [0.1, 0.15) is 0 Å². The van der Waals surface area contributed by atoms with Gasteiger partial charge in [-0.1, -0.05) is 0 Å². The zero-order chi connectivity index (χ0) is 13.7. The number of hydrogen-bond acceptors (Lipinski definition) is 5. The van der Waals surface area contributed by atoms with Gasteiger partial charge in [-0.15, -0.1) is 0 Å². The Kier molecular flexibility index (Phi) is 4.81. The Morgan fingerprint density at radius 2 is 1.61 bits per heavy atom. The molecule has 0 bridgehead atoms. The summed E-state index contributed by atoms with van der Waals surface area (Å²) in [6.45, 7) is 1.65. The monoisotopic (exact) mass is 251 g/mol. The summed E-state index contributed by atoms with van der Waals surface area (Å²) in [7, 11) is 4.51. The number of ether oxygens (including phenoxy) is 3. The summed E-state index contributed by atoms with van der Waals surface area (Å²) in [6.07, 6.45) is -0.899. The summed E-state index contributed by atoms with van der Waals surface area (Å²) in [5.41, 5.74) is 0.554. The van der Waals surface area contributed by atoms with E-state index in [4.69, 9.17) is 19.5 Å². The molecule has 0 saturated carbocycles. The van der Waals surface area contributed by atoms with Crippen LogP contribution in [0.15, 0.2) is 12.1 Å². The van der Waals surface area contributed by atoms with E-state index in [1.54, 1.807) is 19.1 Å². The summed E-state index contributed by atoms with van der Waals surface area (Å²) in [6, 6.07) is 5.28. The van der Waals surface area contributed by atoms with Gasteiger partial charge in [0.25, 0.3) is 0 Å². The average molecular weight is 251 g/mol. The Labute approximate surface area is 107 Å². The van der Waals surface area contributed by atoms with E-state index in [0.717, 1.165) is 0 Å². The lowest BCUT2D eigenvalue weighted by Crippen LogP contribution is -2.08. The molecule has 0 fully saturated rings. The third-order valence-electron chi connectivity index (χ3n) is 2.71. The standard InChI is InChI=1S/C13H17NO4/c1-8(7-14)12(15)9-5-10(16-2)13(18-4)11(6-9)17-3/h5-6,8,12,15H,1-4H3. The van der Waals surface area contributed by atoms with Crippen LogP contribution in [0.4, 0.5) is 0 Å². The Morgan fingerprint density at radius 3 is 1.94 bits per heavy atom. The molecule has 0 spiro atoms. The molecule has 0 aliphatic rings. The molecule has 2 atom stereocenters. The van der Waals surface area contributed by atoms with Crippen molar-refractivity contribution >= 4 is 0 Å². The molecule has 0 heterocycles. The minimum atomic E-state index is -0.899. The van der Waals surface area contributed by atoms with Gasteiger partial charge < -0.3 is 19.3 Å². The highest BCUT2D eigenvalue weighted by atomic mass is 16.5. The fourth-order valence-corrected chi connectivity index (χ4v) is 1.63. The largest absolute Gasteiger partial charge is 0.493 e. The van der Waals surface area contributed by atoms with E-state index in [1.165, 1.54) is 21.3 Å². The fourth-order valence-electron chi connectivity index (χ4n) is 1.63. The van der Waals surface area contributed by atoms with Crippen molar-refractivity contribution in [2.24, 2.45) is 5.92 Å². The third-order valence-corrected chi connectivity index (χ3v) is 2.71. The fraction of sp³-hybridized carbons (Fsp3) is 0.462. The van der Waals surface area contributed by atoms with Crippen LogP contribution >= 0.6 is 0 Å². The molecule has 1 aromatic carbocycles. The summed E-state index contributed by atoms with van der Waals surface area (Å²) in [4.78, 5) is 0. The molecule has 18 heavy (non-hydrogen) atoms. The molecular weight excluding hydrogens is 234 g/mol. The molecular formula is C13H17NO4. The van der Waals surface area contributed by atoms with E-state index in [-0.39, 0.29) is 0 Å². The molecule has 0 aromatic heterocycles. The van der Waals surface area contributed by atoms with Gasteiger partial charge >= 0.3 is 0 Å². The maximum Gasteiger partial charge on any atom is 0.203 e. The van der Waals surface area contributed by atoms with Gasteiger partial charge in [-0.2, -0.15) is 5.26 Å². The van der Waals surface area contributed by atoms with Crippen molar-refractivity contribution in [1.29, 1.82) is 5.26 Å². The normalized spacial score (nSPS) is 13.3. The maximum absolute atomic E-state index is 10.0. The predicted molar refractivity (Wildman–Crippen MR) is 65.8 cm³/mol. The summed E-state index contributed by atoms with van der Waals surface area (Å²) in [5, 5.41) is 18.8. The Balaban J connectivity index is 3.28. The molecule has 1 aromatic rings. The van der Waals surface area contributed by atoms with E-state index < -0.39 is 12.0 Å². The van der Waals surface area contributed by atoms with Crippen molar-refractivity contribution in [2.75, 3.05) is 21.3 Å². The number of methoxy groups -OCH3 is 3. The number of nitrogens with zero attached hydrogens (tertiary/aromatic N) is 1. The van der Waals surface area contributed by atoms with Crippen molar-refractivity contribution in [2.45, 2.75) is 13.0 Å². The lowest BCUT2D eigenvalue weighted by atomic mass is 9.98. The second kappa shape index (κ2) is 6.12. The van der Waals surface area contributed by atoms with Crippen LogP contribution in [0.5, 0.6) is 17.2 Å². The van der Waals surface area contributed by atoms with Crippen LogP contribution in [0.2, 0.25) is 0 Å². The van der Waals surface area contributed by atoms with Crippen LogP contribution in [-0.2, 0) is 0 Å². The highest BCUT2D eigenvalue weighted by molar-refractivity contribution is 5.54. The molecule has 0 saturated heterocycles. The predicted octanol–water partition coefficient (Wildman–Crippen LogP) is 1.91. The minimum Gasteiger partial charge on any atom is -0.493 e. The lowest BCUT2D eigenvalue weighted by Gasteiger charge is -2.18. The molecule has 1 N–H and O–H groups in total. The number of benzene rings is 1.